The number of tetrazole rings is 1. The van der Waals surface area contributed by atoms with Crippen LogP contribution in [0.15, 0.2) is 24.3 Å². The summed E-state index contributed by atoms with van der Waals surface area (Å²) in [7, 11) is 1.78. The zero-order valence-corrected chi connectivity index (χ0v) is 9.65. The zero-order valence-electron chi connectivity index (χ0n) is 8.89. The normalized spacial score (nSPS) is 10.4. The lowest BCUT2D eigenvalue weighted by atomic mass is 10.1. The third-order valence-corrected chi connectivity index (χ3v) is 2.40. The van der Waals surface area contributed by atoms with Gasteiger partial charge < -0.3 is 5.32 Å². The van der Waals surface area contributed by atoms with E-state index in [1.54, 1.807) is 11.7 Å². The van der Waals surface area contributed by atoms with E-state index in [1.807, 2.05) is 24.3 Å². The second kappa shape index (κ2) is 4.94. The van der Waals surface area contributed by atoms with Gasteiger partial charge in [0.25, 0.3) is 0 Å². The molecule has 0 fully saturated rings. The van der Waals surface area contributed by atoms with Gasteiger partial charge in [-0.1, -0.05) is 17.2 Å². The molecule has 0 spiro atoms. The molecule has 16 heavy (non-hydrogen) atoms. The average Bonchev–Trinajstić information content (AvgIpc) is 2.68. The van der Waals surface area contributed by atoms with Crippen molar-refractivity contribution in [2.24, 2.45) is 7.05 Å². The molecule has 2 rings (SSSR count). The molecule has 1 aromatic heterocycles. The molecule has 0 saturated heterocycles. The minimum Gasteiger partial charge on any atom is -0.323 e. The van der Waals surface area contributed by atoms with E-state index in [4.69, 9.17) is 11.6 Å². The lowest BCUT2D eigenvalue weighted by Gasteiger charge is -2.04. The van der Waals surface area contributed by atoms with Crippen molar-refractivity contribution in [2.75, 3.05) is 11.2 Å². The number of nitrogens with one attached hydrogen (secondary N) is 1. The van der Waals surface area contributed by atoms with Gasteiger partial charge in [-0.3, -0.25) is 0 Å². The number of hydrogen-bond donors (Lipinski definition) is 1. The van der Waals surface area contributed by atoms with Gasteiger partial charge in [0.05, 0.1) is 0 Å². The fraction of sp³-hybridized carbons (Fsp3) is 0.300. The molecular formula is C10H12ClN5. The Labute approximate surface area is 98.4 Å². The van der Waals surface area contributed by atoms with E-state index in [-0.39, 0.29) is 0 Å². The Kier molecular flexibility index (Phi) is 3.36. The van der Waals surface area contributed by atoms with E-state index in [2.05, 4.69) is 20.8 Å². The first-order valence-electron chi connectivity index (χ1n) is 4.94. The van der Waals surface area contributed by atoms with Gasteiger partial charge in [0.15, 0.2) is 0 Å². The third-order valence-electron chi connectivity index (χ3n) is 2.21. The van der Waals surface area contributed by atoms with Crippen LogP contribution in [0.3, 0.4) is 0 Å². The van der Waals surface area contributed by atoms with Gasteiger partial charge in [0.1, 0.15) is 0 Å². The molecule has 0 saturated carbocycles. The number of rotatable bonds is 4. The van der Waals surface area contributed by atoms with Crippen molar-refractivity contribution in [1.82, 2.24) is 20.2 Å². The molecular weight excluding hydrogens is 226 g/mol. The number of halogens is 1. The Morgan fingerprint density at radius 3 is 2.62 bits per heavy atom. The molecule has 0 aliphatic rings. The summed E-state index contributed by atoms with van der Waals surface area (Å²) in [6.07, 6.45) is 0.882. The van der Waals surface area contributed by atoms with Crippen LogP contribution < -0.4 is 5.32 Å². The molecule has 0 atom stereocenters. The van der Waals surface area contributed by atoms with Crippen LogP contribution >= 0.6 is 11.6 Å². The van der Waals surface area contributed by atoms with Gasteiger partial charge in [-0.25, -0.2) is 4.68 Å². The predicted octanol–water partition coefficient (Wildman–Crippen LogP) is 1.73. The van der Waals surface area contributed by atoms with Crippen LogP contribution in [0.2, 0.25) is 0 Å². The second-order valence-corrected chi connectivity index (χ2v) is 3.76. The number of anilines is 2. The van der Waals surface area contributed by atoms with E-state index in [9.17, 15) is 0 Å². The van der Waals surface area contributed by atoms with Crippen LogP contribution in [0.5, 0.6) is 0 Å². The highest BCUT2D eigenvalue weighted by Crippen LogP contribution is 2.14. The maximum absolute atomic E-state index is 5.67. The number of aryl methyl sites for hydroxylation is 2. The third kappa shape index (κ3) is 2.49. The largest absolute Gasteiger partial charge is 0.323 e. The molecule has 0 radical (unpaired) electrons. The monoisotopic (exact) mass is 237 g/mol. The summed E-state index contributed by atoms with van der Waals surface area (Å²) in [4.78, 5) is 0. The van der Waals surface area contributed by atoms with E-state index in [0.29, 0.717) is 11.8 Å². The Bertz CT molecular complexity index is 450. The van der Waals surface area contributed by atoms with E-state index >= 15 is 0 Å². The zero-order chi connectivity index (χ0) is 11.4. The highest BCUT2D eigenvalue weighted by atomic mass is 35.5. The summed E-state index contributed by atoms with van der Waals surface area (Å²) < 4.78 is 1.58. The lowest BCUT2D eigenvalue weighted by molar-refractivity contribution is 0.715. The molecule has 84 valence electrons. The Morgan fingerprint density at radius 2 is 2.06 bits per heavy atom. The minimum absolute atomic E-state index is 0.616. The Hall–Kier alpha value is -1.62. The summed E-state index contributed by atoms with van der Waals surface area (Å²) >= 11 is 5.67. The van der Waals surface area contributed by atoms with Gasteiger partial charge in [-0.05, 0) is 34.5 Å². The van der Waals surface area contributed by atoms with Crippen LogP contribution in [0.4, 0.5) is 11.6 Å². The van der Waals surface area contributed by atoms with Crippen molar-refractivity contribution < 1.29 is 0 Å². The van der Waals surface area contributed by atoms with Gasteiger partial charge >= 0.3 is 0 Å². The molecule has 0 aliphatic carbocycles. The molecule has 1 heterocycles. The fourth-order valence-corrected chi connectivity index (χ4v) is 1.55. The highest BCUT2D eigenvalue weighted by Gasteiger charge is 2.01. The second-order valence-electron chi connectivity index (χ2n) is 3.39. The summed E-state index contributed by atoms with van der Waals surface area (Å²) in [5, 5.41) is 14.2. The number of hydrogen-bond acceptors (Lipinski definition) is 4. The molecule has 0 aliphatic heterocycles. The standard InChI is InChI=1S/C10H12ClN5/c1-16-10(13-14-15-16)12-9-4-2-8(3-5-9)6-7-11/h2-5H,6-7H2,1H3,(H,12,13,15). The smallest absolute Gasteiger partial charge is 0.247 e. The first-order valence-corrected chi connectivity index (χ1v) is 5.47. The number of alkyl halides is 1. The summed E-state index contributed by atoms with van der Waals surface area (Å²) in [6.45, 7) is 0. The first-order chi connectivity index (χ1) is 7.79. The molecule has 5 nitrogen and oxygen atoms in total. The average molecular weight is 238 g/mol. The topological polar surface area (TPSA) is 55.6 Å². The molecule has 0 unspecified atom stereocenters. The van der Waals surface area contributed by atoms with Crippen molar-refractivity contribution in [3.63, 3.8) is 0 Å². The van der Waals surface area contributed by atoms with E-state index in [1.165, 1.54) is 5.56 Å². The number of benzene rings is 1. The van der Waals surface area contributed by atoms with Gasteiger partial charge in [0, 0.05) is 18.6 Å². The van der Waals surface area contributed by atoms with Crippen LogP contribution in [-0.4, -0.2) is 26.1 Å². The molecule has 0 bridgehead atoms. The van der Waals surface area contributed by atoms with Crippen molar-refractivity contribution in [3.05, 3.63) is 29.8 Å². The van der Waals surface area contributed by atoms with Crippen LogP contribution in [0.25, 0.3) is 0 Å². The van der Waals surface area contributed by atoms with E-state index in [0.717, 1.165) is 12.1 Å². The van der Waals surface area contributed by atoms with Gasteiger partial charge in [0.2, 0.25) is 5.95 Å². The number of aromatic nitrogens is 4. The summed E-state index contributed by atoms with van der Waals surface area (Å²) in [5.74, 6) is 1.25. The Balaban J connectivity index is 2.08. The van der Waals surface area contributed by atoms with Crippen LogP contribution in [0.1, 0.15) is 5.56 Å². The molecule has 0 amide bonds. The quantitative estimate of drug-likeness (QED) is 0.823. The van der Waals surface area contributed by atoms with Gasteiger partial charge in [-0.15, -0.1) is 11.6 Å². The minimum atomic E-state index is 0.616. The lowest BCUT2D eigenvalue weighted by Crippen LogP contribution is -2.00. The molecule has 2 aromatic rings. The SMILES string of the molecule is Cn1nnnc1Nc1ccc(CCCl)cc1. The first kappa shape index (κ1) is 10.9. The Morgan fingerprint density at radius 1 is 1.31 bits per heavy atom. The van der Waals surface area contributed by atoms with Crippen molar-refractivity contribution in [1.29, 1.82) is 0 Å². The fourth-order valence-electron chi connectivity index (χ4n) is 1.33. The molecule has 1 aromatic carbocycles. The molecule has 6 heteroatoms. The van der Waals surface area contributed by atoms with Crippen molar-refractivity contribution in [2.45, 2.75) is 6.42 Å². The van der Waals surface area contributed by atoms with Crippen molar-refractivity contribution in [3.8, 4) is 0 Å². The van der Waals surface area contributed by atoms with E-state index < -0.39 is 0 Å². The number of nitrogens with zero attached hydrogens (tertiary/aromatic N) is 4. The summed E-state index contributed by atoms with van der Waals surface area (Å²) in [5.41, 5.74) is 2.17. The highest BCUT2D eigenvalue weighted by molar-refractivity contribution is 6.17. The molecule has 1 N–H and O–H groups in total. The van der Waals surface area contributed by atoms with Crippen LogP contribution in [-0.2, 0) is 13.5 Å². The maximum Gasteiger partial charge on any atom is 0.247 e. The van der Waals surface area contributed by atoms with Crippen molar-refractivity contribution >= 4 is 23.2 Å². The predicted molar refractivity (Wildman–Crippen MR) is 62.9 cm³/mol. The maximum atomic E-state index is 5.67. The summed E-state index contributed by atoms with van der Waals surface area (Å²) in [6, 6.07) is 8.04. The van der Waals surface area contributed by atoms with Gasteiger partial charge in [-0.2, -0.15) is 0 Å². The van der Waals surface area contributed by atoms with Crippen LogP contribution in [0, 0.1) is 0 Å².